The maximum atomic E-state index is 12.6. The lowest BCUT2D eigenvalue weighted by Crippen LogP contribution is -2.27. The summed E-state index contributed by atoms with van der Waals surface area (Å²) in [4.78, 5) is 13.7. The summed E-state index contributed by atoms with van der Waals surface area (Å²) in [5.41, 5.74) is 1.05. The van der Waals surface area contributed by atoms with E-state index in [-0.39, 0.29) is 10.9 Å². The van der Waals surface area contributed by atoms with Gasteiger partial charge in [-0.05, 0) is 61.6 Å². The molecule has 0 bridgehead atoms. The monoisotopic (exact) mass is 444 g/mol. The minimum absolute atomic E-state index is 0.0293. The zero-order chi connectivity index (χ0) is 21.1. The first kappa shape index (κ1) is 20.6. The lowest BCUT2D eigenvalue weighted by Gasteiger charge is -2.15. The van der Waals surface area contributed by atoms with Gasteiger partial charge in [0.1, 0.15) is 0 Å². The van der Waals surface area contributed by atoms with Crippen LogP contribution in [-0.4, -0.2) is 48.2 Å². The molecule has 0 aliphatic carbocycles. The summed E-state index contributed by atoms with van der Waals surface area (Å²) in [7, 11) is -3.51. The molecule has 0 saturated carbocycles. The average molecular weight is 445 g/mol. The molecule has 0 spiro atoms. The Bertz CT molecular complexity index is 1150. The fourth-order valence-electron chi connectivity index (χ4n) is 3.17. The number of sulfonamides is 1. The summed E-state index contributed by atoms with van der Waals surface area (Å²) < 4.78 is 32.2. The van der Waals surface area contributed by atoms with Crippen molar-refractivity contribution >= 4 is 33.7 Å². The number of benzene rings is 2. The minimum Gasteiger partial charge on any atom is -0.403 e. The predicted octanol–water partition coefficient (Wildman–Crippen LogP) is 3.50. The van der Waals surface area contributed by atoms with E-state index < -0.39 is 15.9 Å². The molecule has 1 amide bonds. The molecule has 1 aliphatic rings. The van der Waals surface area contributed by atoms with Crippen molar-refractivity contribution in [3.05, 3.63) is 54.1 Å². The molecule has 2 heterocycles. The van der Waals surface area contributed by atoms with Gasteiger partial charge in [-0.1, -0.05) is 11.2 Å². The Morgan fingerprint density at radius 1 is 1.10 bits per heavy atom. The van der Waals surface area contributed by atoms with Crippen molar-refractivity contribution < 1.29 is 17.6 Å². The summed E-state index contributed by atoms with van der Waals surface area (Å²) in [6, 6.07) is 13.4. The number of nitrogens with one attached hydrogen (secondary N) is 1. The number of aromatic nitrogens is 2. The third-order valence-corrected chi connectivity index (χ3v) is 7.42. The lowest BCUT2D eigenvalue weighted by atomic mass is 10.2. The Morgan fingerprint density at radius 2 is 1.83 bits per heavy atom. The SMILES string of the molecule is CSc1cccc(-c2nnc(NC(=O)c3ccc(S(=O)(=O)N4CCCC4)cc3)o2)c1. The van der Waals surface area contributed by atoms with Gasteiger partial charge in [0.25, 0.3) is 5.91 Å². The van der Waals surface area contributed by atoms with Crippen molar-refractivity contribution in [3.63, 3.8) is 0 Å². The second-order valence-corrected chi connectivity index (χ2v) is 9.55. The highest BCUT2D eigenvalue weighted by Gasteiger charge is 2.27. The third kappa shape index (κ3) is 4.25. The van der Waals surface area contributed by atoms with Crippen LogP contribution in [0.4, 0.5) is 6.01 Å². The Labute approximate surface area is 178 Å². The third-order valence-electron chi connectivity index (χ3n) is 4.78. The largest absolute Gasteiger partial charge is 0.403 e. The van der Waals surface area contributed by atoms with Crippen LogP contribution in [0.25, 0.3) is 11.5 Å². The maximum absolute atomic E-state index is 12.6. The first-order chi connectivity index (χ1) is 14.5. The molecular formula is C20H20N4O4S2. The molecular weight excluding hydrogens is 424 g/mol. The van der Waals surface area contributed by atoms with Crippen molar-refractivity contribution in [3.8, 4) is 11.5 Å². The molecule has 10 heteroatoms. The highest BCUT2D eigenvalue weighted by molar-refractivity contribution is 7.98. The van der Waals surface area contributed by atoms with Crippen molar-refractivity contribution in [1.82, 2.24) is 14.5 Å². The number of anilines is 1. The molecule has 1 N–H and O–H groups in total. The van der Waals surface area contributed by atoms with Crippen LogP contribution in [0.5, 0.6) is 0 Å². The molecule has 2 aromatic carbocycles. The molecule has 1 aromatic heterocycles. The van der Waals surface area contributed by atoms with E-state index in [2.05, 4.69) is 15.5 Å². The number of thioether (sulfide) groups is 1. The molecule has 0 radical (unpaired) electrons. The van der Waals surface area contributed by atoms with Crippen molar-refractivity contribution in [2.45, 2.75) is 22.6 Å². The maximum Gasteiger partial charge on any atom is 0.322 e. The highest BCUT2D eigenvalue weighted by atomic mass is 32.2. The van der Waals surface area contributed by atoms with Crippen LogP contribution in [0.15, 0.2) is 62.7 Å². The highest BCUT2D eigenvalue weighted by Crippen LogP contribution is 2.25. The number of hydrogen-bond acceptors (Lipinski definition) is 7. The van der Waals surface area contributed by atoms with Crippen LogP contribution in [0.2, 0.25) is 0 Å². The number of hydrogen-bond donors (Lipinski definition) is 1. The number of rotatable bonds is 6. The van der Waals surface area contributed by atoms with Crippen molar-refractivity contribution in [2.75, 3.05) is 24.7 Å². The topological polar surface area (TPSA) is 105 Å². The second-order valence-electron chi connectivity index (χ2n) is 6.73. The van der Waals surface area contributed by atoms with E-state index in [1.807, 2.05) is 30.5 Å². The lowest BCUT2D eigenvalue weighted by molar-refractivity contribution is 0.102. The quantitative estimate of drug-likeness (QED) is 0.580. The Hall–Kier alpha value is -2.69. The normalized spacial score (nSPS) is 14.7. The molecule has 0 atom stereocenters. The second kappa shape index (κ2) is 8.58. The van der Waals surface area contributed by atoms with Crippen molar-refractivity contribution in [2.24, 2.45) is 0 Å². The minimum atomic E-state index is -3.51. The summed E-state index contributed by atoms with van der Waals surface area (Å²) in [5, 5.41) is 10.4. The molecule has 1 saturated heterocycles. The molecule has 1 aliphatic heterocycles. The van der Waals surface area contributed by atoms with E-state index in [9.17, 15) is 13.2 Å². The van der Waals surface area contributed by atoms with Gasteiger partial charge in [-0.2, -0.15) is 4.31 Å². The van der Waals surface area contributed by atoms with E-state index in [0.717, 1.165) is 23.3 Å². The molecule has 156 valence electrons. The van der Waals surface area contributed by atoms with E-state index in [1.165, 1.54) is 28.6 Å². The summed E-state index contributed by atoms with van der Waals surface area (Å²) in [6.07, 6.45) is 3.71. The van der Waals surface area contributed by atoms with Crippen LogP contribution in [0.1, 0.15) is 23.2 Å². The fraction of sp³-hybridized carbons (Fsp3) is 0.250. The van der Waals surface area contributed by atoms with Crippen LogP contribution < -0.4 is 5.32 Å². The summed E-state index contributed by atoms with van der Waals surface area (Å²) >= 11 is 1.60. The number of nitrogens with zero attached hydrogens (tertiary/aromatic N) is 3. The van der Waals surface area contributed by atoms with Gasteiger partial charge in [0.05, 0.1) is 4.90 Å². The van der Waals surface area contributed by atoms with E-state index in [0.29, 0.717) is 24.5 Å². The van der Waals surface area contributed by atoms with E-state index in [1.54, 1.807) is 11.8 Å². The predicted molar refractivity (Wildman–Crippen MR) is 114 cm³/mol. The van der Waals surface area contributed by atoms with Crippen LogP contribution in [-0.2, 0) is 10.0 Å². The summed E-state index contributed by atoms with van der Waals surface area (Å²) in [6.45, 7) is 1.06. The van der Waals surface area contributed by atoms with Crippen LogP contribution in [0.3, 0.4) is 0 Å². The van der Waals surface area contributed by atoms with Gasteiger partial charge in [-0.15, -0.1) is 16.9 Å². The van der Waals surface area contributed by atoms with E-state index >= 15 is 0 Å². The number of carbonyl (C=O) groups is 1. The standard InChI is InChI=1S/C20H20N4O4S2/c1-29-16-6-4-5-15(13-16)19-22-23-20(28-19)21-18(25)14-7-9-17(10-8-14)30(26,27)24-11-2-3-12-24/h4-10,13H,2-3,11-12H2,1H3,(H,21,23,25). The van der Waals surface area contributed by atoms with Gasteiger partial charge in [0.15, 0.2) is 0 Å². The molecule has 4 rings (SSSR count). The van der Waals surface area contributed by atoms with Gasteiger partial charge in [-0.3, -0.25) is 10.1 Å². The average Bonchev–Trinajstić information content (AvgIpc) is 3.47. The van der Waals surface area contributed by atoms with Gasteiger partial charge in [0, 0.05) is 29.1 Å². The van der Waals surface area contributed by atoms with Crippen LogP contribution >= 0.6 is 11.8 Å². The molecule has 30 heavy (non-hydrogen) atoms. The number of carbonyl (C=O) groups excluding carboxylic acids is 1. The fourth-order valence-corrected chi connectivity index (χ4v) is 5.15. The van der Waals surface area contributed by atoms with Crippen LogP contribution in [0, 0.1) is 0 Å². The molecule has 8 nitrogen and oxygen atoms in total. The first-order valence-electron chi connectivity index (χ1n) is 9.37. The molecule has 0 unspecified atom stereocenters. The Kier molecular flexibility index (Phi) is 5.89. The smallest absolute Gasteiger partial charge is 0.322 e. The van der Waals surface area contributed by atoms with Gasteiger partial charge >= 0.3 is 6.01 Å². The Balaban J connectivity index is 1.46. The van der Waals surface area contributed by atoms with Gasteiger partial charge in [-0.25, -0.2) is 8.42 Å². The zero-order valence-corrected chi connectivity index (χ0v) is 17.9. The summed E-state index contributed by atoms with van der Waals surface area (Å²) in [5.74, 6) is -0.165. The van der Waals surface area contributed by atoms with Crippen molar-refractivity contribution in [1.29, 1.82) is 0 Å². The van der Waals surface area contributed by atoms with Gasteiger partial charge in [0.2, 0.25) is 15.9 Å². The molecule has 1 fully saturated rings. The van der Waals surface area contributed by atoms with E-state index in [4.69, 9.17) is 4.42 Å². The first-order valence-corrected chi connectivity index (χ1v) is 12.0. The zero-order valence-electron chi connectivity index (χ0n) is 16.2. The number of amides is 1. The molecule has 3 aromatic rings. The van der Waals surface area contributed by atoms with Gasteiger partial charge < -0.3 is 4.42 Å². The Morgan fingerprint density at radius 3 is 2.53 bits per heavy atom.